The van der Waals surface area contributed by atoms with E-state index in [1.165, 1.54) is 30.5 Å². The summed E-state index contributed by atoms with van der Waals surface area (Å²) in [6.45, 7) is 0. The van der Waals surface area contributed by atoms with E-state index in [1.807, 2.05) is 24.3 Å². The van der Waals surface area contributed by atoms with Gasteiger partial charge in [-0.05, 0) is 66.2 Å². The van der Waals surface area contributed by atoms with E-state index in [-0.39, 0.29) is 17.5 Å². The van der Waals surface area contributed by atoms with Crippen molar-refractivity contribution in [3.05, 3.63) is 95.8 Å². The number of halogens is 1. The van der Waals surface area contributed by atoms with E-state index in [1.54, 1.807) is 30.3 Å². The van der Waals surface area contributed by atoms with Crippen molar-refractivity contribution >= 4 is 23.0 Å². The Balaban J connectivity index is 1.67. The number of hydrogen-bond donors (Lipinski definition) is 2. The van der Waals surface area contributed by atoms with E-state index in [0.717, 1.165) is 5.56 Å². The first-order valence-corrected chi connectivity index (χ1v) is 8.88. The van der Waals surface area contributed by atoms with Crippen LogP contribution in [0.25, 0.3) is 22.2 Å². The number of fused-ring (bicyclic) bond motifs is 1. The standard InChI is InChI=1S/C23H16FN3O2/c24-17-9-7-16(8-10-17)22-13-20(19-3-1-2-4-21(19)26-22)23(29)27-25-14-15-5-11-18(28)12-6-15/h1-14,28H,(H,27,29). The van der Waals surface area contributed by atoms with Crippen LogP contribution in [0.3, 0.4) is 0 Å². The molecule has 0 saturated carbocycles. The van der Waals surface area contributed by atoms with Gasteiger partial charge in [0.15, 0.2) is 0 Å². The number of nitrogens with one attached hydrogen (secondary N) is 1. The largest absolute Gasteiger partial charge is 0.508 e. The van der Waals surface area contributed by atoms with Crippen molar-refractivity contribution in [3.8, 4) is 17.0 Å². The molecule has 29 heavy (non-hydrogen) atoms. The number of carbonyl (C=O) groups is 1. The smallest absolute Gasteiger partial charge is 0.272 e. The molecule has 1 aromatic heterocycles. The molecule has 0 fully saturated rings. The molecule has 1 amide bonds. The lowest BCUT2D eigenvalue weighted by molar-refractivity contribution is 0.0956. The van der Waals surface area contributed by atoms with Gasteiger partial charge >= 0.3 is 0 Å². The van der Waals surface area contributed by atoms with Gasteiger partial charge in [0.25, 0.3) is 5.91 Å². The average molecular weight is 385 g/mol. The molecule has 2 N–H and O–H groups in total. The van der Waals surface area contributed by atoms with Gasteiger partial charge in [-0.2, -0.15) is 5.10 Å². The predicted molar refractivity (Wildman–Crippen MR) is 110 cm³/mol. The number of carbonyl (C=O) groups excluding carboxylic acids is 1. The molecule has 0 unspecified atom stereocenters. The van der Waals surface area contributed by atoms with Crippen molar-refractivity contribution in [2.75, 3.05) is 0 Å². The van der Waals surface area contributed by atoms with E-state index >= 15 is 0 Å². The van der Waals surface area contributed by atoms with Crippen molar-refractivity contribution in [1.82, 2.24) is 10.4 Å². The fourth-order valence-corrected chi connectivity index (χ4v) is 2.92. The number of rotatable bonds is 4. The van der Waals surface area contributed by atoms with Crippen LogP contribution in [0.1, 0.15) is 15.9 Å². The van der Waals surface area contributed by atoms with Gasteiger partial charge in [0.05, 0.1) is 23.0 Å². The van der Waals surface area contributed by atoms with E-state index in [9.17, 15) is 14.3 Å². The molecule has 0 aliphatic carbocycles. The third kappa shape index (κ3) is 4.11. The number of amides is 1. The highest BCUT2D eigenvalue weighted by molar-refractivity contribution is 6.07. The third-order valence-electron chi connectivity index (χ3n) is 4.37. The van der Waals surface area contributed by atoms with Gasteiger partial charge in [-0.3, -0.25) is 4.79 Å². The molecule has 4 aromatic rings. The van der Waals surface area contributed by atoms with Gasteiger partial charge in [0.1, 0.15) is 11.6 Å². The van der Waals surface area contributed by atoms with Gasteiger partial charge in [-0.1, -0.05) is 18.2 Å². The molecule has 0 aliphatic rings. The summed E-state index contributed by atoms with van der Waals surface area (Å²) in [5.74, 6) is -0.569. The van der Waals surface area contributed by atoms with Gasteiger partial charge in [-0.15, -0.1) is 0 Å². The van der Waals surface area contributed by atoms with Crippen LogP contribution < -0.4 is 5.43 Å². The van der Waals surface area contributed by atoms with Gasteiger partial charge in [0, 0.05) is 10.9 Å². The van der Waals surface area contributed by atoms with Crippen LogP contribution in [0.2, 0.25) is 0 Å². The van der Waals surface area contributed by atoms with Crippen molar-refractivity contribution in [2.45, 2.75) is 0 Å². The number of hydrogen-bond acceptors (Lipinski definition) is 4. The normalized spacial score (nSPS) is 11.1. The van der Waals surface area contributed by atoms with E-state index in [4.69, 9.17) is 0 Å². The topological polar surface area (TPSA) is 74.6 Å². The molecule has 0 spiro atoms. The van der Waals surface area contributed by atoms with Gasteiger partial charge < -0.3 is 5.11 Å². The molecule has 6 heteroatoms. The Kier molecular flexibility index (Phi) is 4.99. The number of hydrazone groups is 1. The lowest BCUT2D eigenvalue weighted by Crippen LogP contribution is -2.18. The Morgan fingerprint density at radius 1 is 1.00 bits per heavy atom. The van der Waals surface area contributed by atoms with Crippen LogP contribution in [0, 0.1) is 5.82 Å². The number of benzene rings is 3. The predicted octanol–water partition coefficient (Wildman–Crippen LogP) is 4.51. The Labute approximate surface area is 166 Å². The zero-order valence-electron chi connectivity index (χ0n) is 15.2. The summed E-state index contributed by atoms with van der Waals surface area (Å²) >= 11 is 0. The SMILES string of the molecule is O=C(NN=Cc1ccc(O)cc1)c1cc(-c2ccc(F)cc2)nc2ccccc12. The molecule has 0 aliphatic heterocycles. The second kappa shape index (κ2) is 7.90. The fraction of sp³-hybridized carbons (Fsp3) is 0. The summed E-state index contributed by atoms with van der Waals surface area (Å²) in [6, 6.07) is 21.4. The Bertz CT molecular complexity index is 1200. The maximum atomic E-state index is 13.3. The maximum absolute atomic E-state index is 13.3. The highest BCUT2D eigenvalue weighted by Gasteiger charge is 2.13. The monoisotopic (exact) mass is 385 g/mol. The number of pyridine rings is 1. The molecule has 1 heterocycles. The lowest BCUT2D eigenvalue weighted by Gasteiger charge is -2.09. The zero-order chi connectivity index (χ0) is 20.2. The molecular formula is C23H16FN3O2. The first-order valence-electron chi connectivity index (χ1n) is 8.88. The van der Waals surface area contributed by atoms with E-state index in [2.05, 4.69) is 15.5 Å². The van der Waals surface area contributed by atoms with E-state index in [0.29, 0.717) is 27.7 Å². The Hall–Kier alpha value is -4.06. The molecule has 3 aromatic carbocycles. The van der Waals surface area contributed by atoms with Crippen LogP contribution in [0.15, 0.2) is 84.0 Å². The van der Waals surface area contributed by atoms with Crippen molar-refractivity contribution in [2.24, 2.45) is 5.10 Å². The van der Waals surface area contributed by atoms with Gasteiger partial charge in [0.2, 0.25) is 0 Å². The molecule has 0 bridgehead atoms. The minimum Gasteiger partial charge on any atom is -0.508 e. The molecule has 0 saturated heterocycles. The highest BCUT2D eigenvalue weighted by atomic mass is 19.1. The Morgan fingerprint density at radius 2 is 1.72 bits per heavy atom. The van der Waals surface area contributed by atoms with Crippen LogP contribution >= 0.6 is 0 Å². The zero-order valence-corrected chi connectivity index (χ0v) is 15.2. The summed E-state index contributed by atoms with van der Waals surface area (Å²) in [5.41, 5.74) is 5.60. The number of para-hydroxylation sites is 1. The molecule has 5 nitrogen and oxygen atoms in total. The summed E-state index contributed by atoms with van der Waals surface area (Å²) < 4.78 is 13.3. The third-order valence-corrected chi connectivity index (χ3v) is 4.37. The summed E-state index contributed by atoms with van der Waals surface area (Å²) in [5, 5.41) is 14.0. The van der Waals surface area contributed by atoms with Crippen molar-refractivity contribution in [1.29, 1.82) is 0 Å². The number of nitrogens with zero attached hydrogens (tertiary/aromatic N) is 2. The average Bonchev–Trinajstić information content (AvgIpc) is 2.75. The first kappa shape index (κ1) is 18.3. The van der Waals surface area contributed by atoms with Crippen LogP contribution in [0.4, 0.5) is 4.39 Å². The second-order valence-electron chi connectivity index (χ2n) is 6.37. The number of aromatic nitrogens is 1. The van der Waals surface area contributed by atoms with Crippen LogP contribution in [0.5, 0.6) is 5.75 Å². The summed E-state index contributed by atoms with van der Waals surface area (Å²) in [7, 11) is 0. The van der Waals surface area contributed by atoms with Crippen molar-refractivity contribution in [3.63, 3.8) is 0 Å². The number of aromatic hydroxyl groups is 1. The van der Waals surface area contributed by atoms with Gasteiger partial charge in [-0.25, -0.2) is 14.8 Å². The van der Waals surface area contributed by atoms with Crippen LogP contribution in [-0.4, -0.2) is 22.2 Å². The van der Waals surface area contributed by atoms with E-state index < -0.39 is 0 Å². The second-order valence-corrected chi connectivity index (χ2v) is 6.37. The first-order chi connectivity index (χ1) is 14.1. The number of phenolic OH excluding ortho intramolecular Hbond substituents is 1. The molecule has 4 rings (SSSR count). The molecular weight excluding hydrogens is 369 g/mol. The van der Waals surface area contributed by atoms with Crippen molar-refractivity contribution < 1.29 is 14.3 Å². The number of phenols is 1. The molecule has 0 atom stereocenters. The Morgan fingerprint density at radius 3 is 2.48 bits per heavy atom. The highest BCUT2D eigenvalue weighted by Crippen LogP contribution is 2.25. The minimum absolute atomic E-state index is 0.155. The lowest BCUT2D eigenvalue weighted by atomic mass is 10.0. The molecule has 0 radical (unpaired) electrons. The minimum atomic E-state index is -0.387. The summed E-state index contributed by atoms with van der Waals surface area (Å²) in [6.07, 6.45) is 1.49. The summed E-state index contributed by atoms with van der Waals surface area (Å²) in [4.78, 5) is 17.4. The maximum Gasteiger partial charge on any atom is 0.272 e. The fourth-order valence-electron chi connectivity index (χ4n) is 2.92. The molecule has 142 valence electrons. The van der Waals surface area contributed by atoms with Crippen LogP contribution in [-0.2, 0) is 0 Å². The quantitative estimate of drug-likeness (QED) is 0.401.